The van der Waals surface area contributed by atoms with Crippen LogP contribution in [0.3, 0.4) is 0 Å². The highest BCUT2D eigenvalue weighted by Crippen LogP contribution is 2.39. The molecule has 0 aliphatic heterocycles. The third-order valence-corrected chi connectivity index (χ3v) is 3.92. The minimum atomic E-state index is 0.0575. The normalized spacial score (nSPS) is 10.7. The van der Waals surface area contributed by atoms with Gasteiger partial charge in [-0.1, -0.05) is 18.2 Å². The predicted molar refractivity (Wildman–Crippen MR) is 87.4 cm³/mol. The molecule has 114 valence electrons. The zero-order valence-corrected chi connectivity index (χ0v) is 13.6. The Morgan fingerprint density at radius 2 is 2.05 bits per heavy atom. The molecule has 0 aliphatic carbocycles. The van der Waals surface area contributed by atoms with E-state index in [0.717, 1.165) is 16.3 Å². The Balaban J connectivity index is 2.22. The number of benzene rings is 1. The van der Waals surface area contributed by atoms with Gasteiger partial charge in [-0.05, 0) is 31.4 Å². The lowest BCUT2D eigenvalue weighted by Crippen LogP contribution is -2.18. The topological polar surface area (TPSA) is 60.6 Å². The lowest BCUT2D eigenvalue weighted by Gasteiger charge is -2.21. The maximum absolute atomic E-state index is 5.90. The fraction of sp³-hybridized carbons (Fsp3) is 0.400. The molecule has 0 spiro atoms. The molecule has 0 amide bonds. The third kappa shape index (κ3) is 3.58. The lowest BCUT2D eigenvalue weighted by molar-refractivity contribution is 0.245. The summed E-state index contributed by atoms with van der Waals surface area (Å²) in [6.07, 6.45) is 0.0575. The van der Waals surface area contributed by atoms with E-state index in [4.69, 9.17) is 15.2 Å². The molecule has 6 heteroatoms. The molecule has 0 atom stereocenters. The molecule has 0 fully saturated rings. The molecular weight excluding hydrogens is 286 g/mol. The Hall–Kier alpha value is -1.95. The van der Waals surface area contributed by atoms with Gasteiger partial charge in [0.05, 0.1) is 13.2 Å². The van der Waals surface area contributed by atoms with E-state index >= 15 is 0 Å². The molecule has 2 rings (SSSR count). The van der Waals surface area contributed by atoms with E-state index in [1.54, 1.807) is 7.11 Å². The Bertz CT molecular complexity index is 598. The van der Waals surface area contributed by atoms with Crippen LogP contribution in [0.4, 0.5) is 10.8 Å². The Kier molecular flexibility index (Phi) is 4.90. The Labute approximate surface area is 129 Å². The molecular formula is C15H21N3O2S. The van der Waals surface area contributed by atoms with Crippen LogP contribution in [0.1, 0.15) is 19.4 Å². The SMILES string of the molecule is COc1ccccc1CN(C)c1snc(N)c1OC(C)C. The largest absolute Gasteiger partial charge is 0.496 e. The second kappa shape index (κ2) is 6.67. The van der Waals surface area contributed by atoms with Gasteiger partial charge in [0, 0.05) is 19.2 Å². The van der Waals surface area contributed by atoms with Crippen LogP contribution in [0.5, 0.6) is 11.5 Å². The van der Waals surface area contributed by atoms with Gasteiger partial charge in [0.25, 0.3) is 0 Å². The van der Waals surface area contributed by atoms with Crippen LogP contribution in [-0.4, -0.2) is 24.6 Å². The first-order chi connectivity index (χ1) is 10.0. The second-order valence-electron chi connectivity index (χ2n) is 5.04. The van der Waals surface area contributed by atoms with E-state index in [9.17, 15) is 0 Å². The van der Waals surface area contributed by atoms with Crippen molar-refractivity contribution in [2.45, 2.75) is 26.5 Å². The molecule has 2 aromatic rings. The minimum Gasteiger partial charge on any atom is -0.496 e. The summed E-state index contributed by atoms with van der Waals surface area (Å²) in [5.41, 5.74) is 7.00. The van der Waals surface area contributed by atoms with Gasteiger partial charge >= 0.3 is 0 Å². The van der Waals surface area contributed by atoms with Crippen LogP contribution in [0.25, 0.3) is 0 Å². The fourth-order valence-corrected chi connectivity index (χ4v) is 2.74. The minimum absolute atomic E-state index is 0.0575. The van der Waals surface area contributed by atoms with E-state index in [2.05, 4.69) is 9.27 Å². The number of nitrogens with zero attached hydrogens (tertiary/aromatic N) is 2. The van der Waals surface area contributed by atoms with Gasteiger partial charge in [-0.25, -0.2) is 0 Å². The smallest absolute Gasteiger partial charge is 0.198 e. The standard InChI is InChI=1S/C15H21N3O2S/c1-10(2)20-13-14(16)17-21-15(13)18(3)9-11-7-5-6-8-12(11)19-4/h5-8,10H,9H2,1-4H3,(H2,16,17). The van der Waals surface area contributed by atoms with Crippen molar-refractivity contribution in [2.24, 2.45) is 0 Å². The van der Waals surface area contributed by atoms with Crippen molar-refractivity contribution in [3.63, 3.8) is 0 Å². The highest BCUT2D eigenvalue weighted by atomic mass is 32.1. The Morgan fingerprint density at radius 3 is 2.71 bits per heavy atom. The molecule has 0 saturated heterocycles. The van der Waals surface area contributed by atoms with Gasteiger partial charge in [-0.2, -0.15) is 4.37 Å². The summed E-state index contributed by atoms with van der Waals surface area (Å²) in [7, 11) is 3.67. The van der Waals surface area contributed by atoms with Crippen LogP contribution >= 0.6 is 11.5 Å². The number of ether oxygens (including phenoxy) is 2. The molecule has 0 saturated carbocycles. The van der Waals surface area contributed by atoms with Gasteiger partial charge in [0.2, 0.25) is 0 Å². The van der Waals surface area contributed by atoms with Crippen molar-refractivity contribution >= 4 is 22.4 Å². The number of rotatable bonds is 6. The first kappa shape index (κ1) is 15.4. The average Bonchev–Trinajstić information content (AvgIpc) is 2.80. The van der Waals surface area contributed by atoms with Crippen LogP contribution in [0.2, 0.25) is 0 Å². The van der Waals surface area contributed by atoms with Crippen molar-refractivity contribution in [1.29, 1.82) is 0 Å². The first-order valence-electron chi connectivity index (χ1n) is 6.77. The molecule has 1 heterocycles. The lowest BCUT2D eigenvalue weighted by atomic mass is 10.2. The summed E-state index contributed by atoms with van der Waals surface area (Å²) < 4.78 is 15.4. The van der Waals surface area contributed by atoms with Gasteiger partial charge in [-0.15, -0.1) is 0 Å². The van der Waals surface area contributed by atoms with Gasteiger partial charge in [-0.3, -0.25) is 0 Å². The summed E-state index contributed by atoms with van der Waals surface area (Å²) in [4.78, 5) is 2.07. The Morgan fingerprint density at radius 1 is 1.33 bits per heavy atom. The van der Waals surface area contributed by atoms with Gasteiger partial charge in [0.1, 0.15) is 5.75 Å². The van der Waals surface area contributed by atoms with E-state index < -0.39 is 0 Å². The van der Waals surface area contributed by atoms with Gasteiger partial charge in [0.15, 0.2) is 16.6 Å². The van der Waals surface area contributed by atoms with E-state index in [1.165, 1.54) is 11.5 Å². The average molecular weight is 307 g/mol. The van der Waals surface area contributed by atoms with E-state index in [0.29, 0.717) is 18.1 Å². The summed E-state index contributed by atoms with van der Waals surface area (Å²) in [5.74, 6) is 1.97. The molecule has 0 bridgehead atoms. The number of nitrogen functional groups attached to an aromatic ring is 1. The summed E-state index contributed by atoms with van der Waals surface area (Å²) >= 11 is 1.34. The van der Waals surface area contributed by atoms with Crippen molar-refractivity contribution in [3.8, 4) is 11.5 Å². The van der Waals surface area contributed by atoms with Gasteiger partial charge < -0.3 is 20.1 Å². The predicted octanol–water partition coefficient (Wildman–Crippen LogP) is 3.16. The molecule has 21 heavy (non-hydrogen) atoms. The molecule has 0 unspecified atom stereocenters. The van der Waals surface area contributed by atoms with Crippen LogP contribution in [-0.2, 0) is 6.54 Å². The number of methoxy groups -OCH3 is 1. The number of aromatic nitrogens is 1. The van der Waals surface area contributed by atoms with Crippen LogP contribution < -0.4 is 20.1 Å². The number of anilines is 2. The van der Waals surface area contributed by atoms with Crippen molar-refractivity contribution in [1.82, 2.24) is 4.37 Å². The number of hydrogen-bond donors (Lipinski definition) is 1. The number of para-hydroxylation sites is 1. The monoisotopic (exact) mass is 307 g/mol. The zero-order chi connectivity index (χ0) is 15.4. The highest BCUT2D eigenvalue weighted by molar-refractivity contribution is 7.11. The molecule has 2 N–H and O–H groups in total. The van der Waals surface area contributed by atoms with E-state index in [-0.39, 0.29) is 6.10 Å². The van der Waals surface area contributed by atoms with Crippen LogP contribution in [0, 0.1) is 0 Å². The van der Waals surface area contributed by atoms with Crippen LogP contribution in [0.15, 0.2) is 24.3 Å². The summed E-state index contributed by atoms with van der Waals surface area (Å²) in [5, 5.41) is 0.923. The maximum Gasteiger partial charge on any atom is 0.198 e. The highest BCUT2D eigenvalue weighted by Gasteiger charge is 2.19. The molecule has 1 aromatic carbocycles. The zero-order valence-electron chi connectivity index (χ0n) is 12.8. The number of nitrogens with two attached hydrogens (primary N) is 1. The fourth-order valence-electron chi connectivity index (χ4n) is 2.04. The van der Waals surface area contributed by atoms with Crippen molar-refractivity contribution in [2.75, 3.05) is 24.8 Å². The summed E-state index contributed by atoms with van der Waals surface area (Å²) in [6, 6.07) is 7.96. The van der Waals surface area contributed by atoms with Crippen molar-refractivity contribution < 1.29 is 9.47 Å². The molecule has 0 radical (unpaired) electrons. The first-order valence-corrected chi connectivity index (χ1v) is 7.55. The summed E-state index contributed by atoms with van der Waals surface area (Å²) in [6.45, 7) is 4.64. The third-order valence-electron chi connectivity index (χ3n) is 2.96. The molecule has 1 aromatic heterocycles. The molecule has 5 nitrogen and oxygen atoms in total. The quantitative estimate of drug-likeness (QED) is 0.888. The number of hydrogen-bond acceptors (Lipinski definition) is 6. The van der Waals surface area contributed by atoms with Crippen molar-refractivity contribution in [3.05, 3.63) is 29.8 Å². The maximum atomic E-state index is 5.90. The van der Waals surface area contributed by atoms with E-state index in [1.807, 2.05) is 45.2 Å². The second-order valence-corrected chi connectivity index (χ2v) is 5.79. The molecule has 0 aliphatic rings.